The van der Waals surface area contributed by atoms with E-state index in [2.05, 4.69) is 28.8 Å². The van der Waals surface area contributed by atoms with Crippen LogP contribution in [0.15, 0.2) is 42.5 Å². The second-order valence-electron chi connectivity index (χ2n) is 8.30. The number of aliphatic hydroxyl groups excluding tert-OH is 1. The van der Waals surface area contributed by atoms with Crippen LogP contribution in [0.3, 0.4) is 0 Å². The van der Waals surface area contributed by atoms with Crippen molar-refractivity contribution in [2.75, 3.05) is 6.61 Å². The number of rotatable bonds is 6. The Bertz CT molecular complexity index is 978. The number of benzene rings is 2. The van der Waals surface area contributed by atoms with Crippen molar-refractivity contribution >= 4 is 23.4 Å². The molecule has 0 saturated heterocycles. The number of hydrogen-bond donors (Lipinski definition) is 1. The van der Waals surface area contributed by atoms with Crippen LogP contribution in [0.25, 0.3) is 11.0 Å². The molecule has 5 heteroatoms. The largest absolute Gasteiger partial charge is 0.491 e. The van der Waals surface area contributed by atoms with Crippen LogP contribution in [0.5, 0.6) is 5.75 Å². The number of nitrogens with zero attached hydrogens (tertiary/aromatic N) is 2. The number of hydrogen-bond acceptors (Lipinski definition) is 3. The molecule has 0 radical (unpaired) electrons. The average Bonchev–Trinajstić information content (AvgIpc) is 3.46. The third-order valence-electron chi connectivity index (χ3n) is 6.31. The molecule has 4 nitrogen and oxygen atoms in total. The van der Waals surface area contributed by atoms with E-state index < -0.39 is 6.10 Å². The highest BCUT2D eigenvalue weighted by atomic mass is 35.5. The molecular weight excluding hydrogens is 384 g/mol. The quantitative estimate of drug-likeness (QED) is 0.616. The Morgan fingerprint density at radius 1 is 1.03 bits per heavy atom. The van der Waals surface area contributed by atoms with Crippen LogP contribution < -0.4 is 4.74 Å². The maximum Gasteiger partial charge on any atom is 0.119 e. The smallest absolute Gasteiger partial charge is 0.119 e. The Balaban J connectivity index is 0.00000205. The lowest BCUT2D eigenvalue weighted by Gasteiger charge is -2.18. The van der Waals surface area contributed by atoms with Crippen molar-refractivity contribution in [2.24, 2.45) is 0 Å². The van der Waals surface area contributed by atoms with E-state index in [1.54, 1.807) is 0 Å². The van der Waals surface area contributed by atoms with Crippen molar-refractivity contribution in [3.8, 4) is 5.75 Å². The monoisotopic (exact) mass is 412 g/mol. The van der Waals surface area contributed by atoms with Crippen LogP contribution >= 0.6 is 12.4 Å². The van der Waals surface area contributed by atoms with Gasteiger partial charge in [0.2, 0.25) is 0 Å². The minimum atomic E-state index is -0.564. The normalized spacial score (nSPS) is 17.3. The number of aryl methyl sites for hydroxylation is 2. The van der Waals surface area contributed by atoms with Crippen LogP contribution in [-0.4, -0.2) is 27.4 Å². The number of aromatic nitrogens is 2. The highest BCUT2D eigenvalue weighted by Crippen LogP contribution is 2.35. The molecule has 29 heavy (non-hydrogen) atoms. The molecule has 1 unspecified atom stereocenters. The lowest BCUT2D eigenvalue weighted by Crippen LogP contribution is -2.25. The van der Waals surface area contributed by atoms with E-state index in [0.29, 0.717) is 19.1 Å². The molecule has 1 saturated carbocycles. The first-order valence-corrected chi connectivity index (χ1v) is 10.7. The van der Waals surface area contributed by atoms with E-state index in [-0.39, 0.29) is 12.4 Å². The standard InChI is InChI=1S/C24H28N2O2.ClH/c27-20(16-28-21-13-12-17-8-5-9-19(17)14-21)15-26-23-11-4-3-10-22(23)25-24(26)18-6-1-2-7-18;/h3-4,10-14,18,20,27H,1-2,5-9,15-16H2;1H. The maximum atomic E-state index is 10.7. The van der Waals surface area contributed by atoms with Gasteiger partial charge in [0, 0.05) is 5.92 Å². The van der Waals surface area contributed by atoms with Gasteiger partial charge in [-0.3, -0.25) is 0 Å². The van der Waals surface area contributed by atoms with Gasteiger partial charge in [-0.1, -0.05) is 31.0 Å². The second kappa shape index (κ2) is 8.76. The SMILES string of the molecule is Cl.OC(COc1ccc2c(c1)CCC2)Cn1c(C2CCCC2)nc2ccccc21. The van der Waals surface area contributed by atoms with Crippen LogP contribution in [-0.2, 0) is 19.4 Å². The molecule has 1 atom stereocenters. The van der Waals surface area contributed by atoms with Gasteiger partial charge in [-0.05, 0) is 67.5 Å². The van der Waals surface area contributed by atoms with Crippen molar-refractivity contribution in [3.63, 3.8) is 0 Å². The number of aliphatic hydroxyl groups is 1. The molecule has 1 fully saturated rings. The van der Waals surface area contributed by atoms with E-state index in [0.717, 1.165) is 29.0 Å². The van der Waals surface area contributed by atoms with E-state index in [1.165, 1.54) is 49.7 Å². The van der Waals surface area contributed by atoms with Crippen molar-refractivity contribution < 1.29 is 9.84 Å². The molecule has 5 rings (SSSR count). The van der Waals surface area contributed by atoms with Crippen LogP contribution in [0.2, 0.25) is 0 Å². The van der Waals surface area contributed by atoms with Gasteiger partial charge in [0.05, 0.1) is 17.6 Å². The lowest BCUT2D eigenvalue weighted by molar-refractivity contribution is 0.0924. The fourth-order valence-corrected chi connectivity index (χ4v) is 4.88. The first kappa shape index (κ1) is 20.2. The lowest BCUT2D eigenvalue weighted by atomic mass is 10.1. The minimum absolute atomic E-state index is 0. The van der Waals surface area contributed by atoms with Crippen molar-refractivity contribution in [1.29, 1.82) is 0 Å². The molecule has 2 aromatic carbocycles. The van der Waals surface area contributed by atoms with Gasteiger partial charge in [0.25, 0.3) is 0 Å². The maximum absolute atomic E-state index is 10.7. The zero-order valence-corrected chi connectivity index (χ0v) is 17.5. The summed E-state index contributed by atoms with van der Waals surface area (Å²) >= 11 is 0. The molecule has 0 aliphatic heterocycles. The molecule has 1 aromatic heterocycles. The van der Waals surface area contributed by atoms with Gasteiger partial charge in [-0.25, -0.2) is 4.98 Å². The van der Waals surface area contributed by atoms with Gasteiger partial charge in [0.1, 0.15) is 24.3 Å². The molecule has 2 aliphatic carbocycles. The molecule has 154 valence electrons. The number of fused-ring (bicyclic) bond motifs is 2. The summed E-state index contributed by atoms with van der Waals surface area (Å²) in [5.74, 6) is 2.51. The summed E-state index contributed by atoms with van der Waals surface area (Å²) in [4.78, 5) is 4.92. The van der Waals surface area contributed by atoms with Crippen LogP contribution in [0.1, 0.15) is 55.0 Å². The summed E-state index contributed by atoms with van der Waals surface area (Å²) in [6, 6.07) is 14.6. The molecule has 0 bridgehead atoms. The van der Waals surface area contributed by atoms with Crippen molar-refractivity contribution in [1.82, 2.24) is 9.55 Å². The third kappa shape index (κ3) is 4.15. The fraction of sp³-hybridized carbons (Fsp3) is 0.458. The fourth-order valence-electron chi connectivity index (χ4n) is 4.88. The number of ether oxygens (including phenoxy) is 1. The Labute approximate surface area is 178 Å². The van der Waals surface area contributed by atoms with Gasteiger partial charge in [-0.15, -0.1) is 12.4 Å². The van der Waals surface area contributed by atoms with E-state index in [1.807, 2.05) is 18.2 Å². The van der Waals surface area contributed by atoms with E-state index in [4.69, 9.17) is 9.72 Å². The Hall–Kier alpha value is -2.04. The number of halogens is 1. The molecule has 1 heterocycles. The summed E-state index contributed by atoms with van der Waals surface area (Å²) in [6.07, 6.45) is 7.94. The predicted molar refractivity (Wildman–Crippen MR) is 118 cm³/mol. The van der Waals surface area contributed by atoms with Crippen LogP contribution in [0, 0.1) is 0 Å². The van der Waals surface area contributed by atoms with Gasteiger partial charge >= 0.3 is 0 Å². The zero-order chi connectivity index (χ0) is 18.9. The zero-order valence-electron chi connectivity index (χ0n) is 16.7. The van der Waals surface area contributed by atoms with Gasteiger partial charge in [0.15, 0.2) is 0 Å². The molecule has 0 spiro atoms. The highest BCUT2D eigenvalue weighted by molar-refractivity contribution is 5.85. The number of para-hydroxylation sites is 2. The molecular formula is C24H29ClN2O2. The average molecular weight is 413 g/mol. The van der Waals surface area contributed by atoms with Crippen LogP contribution in [0.4, 0.5) is 0 Å². The number of imidazole rings is 1. The first-order valence-electron chi connectivity index (χ1n) is 10.7. The summed E-state index contributed by atoms with van der Waals surface area (Å²) in [6.45, 7) is 0.826. The molecule has 0 amide bonds. The highest BCUT2D eigenvalue weighted by Gasteiger charge is 2.24. The topological polar surface area (TPSA) is 47.3 Å². The Morgan fingerprint density at radius 3 is 2.69 bits per heavy atom. The van der Waals surface area contributed by atoms with Gasteiger partial charge in [-0.2, -0.15) is 0 Å². The molecule has 2 aliphatic rings. The van der Waals surface area contributed by atoms with Crippen molar-refractivity contribution in [2.45, 2.75) is 63.5 Å². The van der Waals surface area contributed by atoms with Gasteiger partial charge < -0.3 is 14.4 Å². The van der Waals surface area contributed by atoms with Crippen molar-refractivity contribution in [3.05, 3.63) is 59.4 Å². The third-order valence-corrected chi connectivity index (χ3v) is 6.31. The minimum Gasteiger partial charge on any atom is -0.491 e. The predicted octanol–water partition coefficient (Wildman–Crippen LogP) is 5.04. The molecule has 1 N–H and O–H groups in total. The van der Waals surface area contributed by atoms with E-state index in [9.17, 15) is 5.11 Å². The Kier molecular flexibility index (Phi) is 6.12. The summed E-state index contributed by atoms with van der Waals surface area (Å²) in [5, 5.41) is 10.7. The Morgan fingerprint density at radius 2 is 1.83 bits per heavy atom. The summed E-state index contributed by atoms with van der Waals surface area (Å²) < 4.78 is 8.16. The first-order chi connectivity index (χ1) is 13.8. The summed E-state index contributed by atoms with van der Waals surface area (Å²) in [7, 11) is 0. The van der Waals surface area contributed by atoms with E-state index >= 15 is 0 Å². The molecule has 3 aromatic rings. The second-order valence-corrected chi connectivity index (χ2v) is 8.30. The summed E-state index contributed by atoms with van der Waals surface area (Å²) in [5.41, 5.74) is 4.98.